The first-order chi connectivity index (χ1) is 15.2. The molecule has 0 heterocycles. The summed E-state index contributed by atoms with van der Waals surface area (Å²) in [6, 6.07) is 22.6. The molecule has 162 valence electrons. The Bertz CT molecular complexity index is 1380. The summed E-state index contributed by atoms with van der Waals surface area (Å²) in [7, 11) is -5.38. The molecule has 0 bridgehead atoms. The normalized spacial score (nSPS) is 13.2. The lowest BCUT2D eigenvalue weighted by Crippen LogP contribution is -2.55. The first-order valence-electron chi connectivity index (χ1n) is 9.58. The first-order valence-corrected chi connectivity index (χ1v) is 11.1. The molecular formula is C24H18O7S. The molecule has 0 amide bonds. The van der Waals surface area contributed by atoms with Crippen molar-refractivity contribution in [1.82, 2.24) is 0 Å². The molecule has 1 atom stereocenters. The van der Waals surface area contributed by atoms with Gasteiger partial charge in [-0.3, -0.25) is 14.1 Å². The summed E-state index contributed by atoms with van der Waals surface area (Å²) < 4.78 is 34.9. The number of rotatable bonds is 6. The second-order valence-electron chi connectivity index (χ2n) is 7.40. The van der Waals surface area contributed by atoms with E-state index >= 15 is 0 Å². The highest BCUT2D eigenvalue weighted by Gasteiger charge is 2.59. The topological polar surface area (TPSA) is 129 Å². The first kappa shape index (κ1) is 21.5. The van der Waals surface area contributed by atoms with Gasteiger partial charge in [-0.15, -0.1) is 0 Å². The zero-order valence-electron chi connectivity index (χ0n) is 16.5. The van der Waals surface area contributed by atoms with Gasteiger partial charge in [0.25, 0.3) is 10.1 Å². The fourth-order valence-corrected chi connectivity index (χ4v) is 5.50. The fourth-order valence-electron chi connectivity index (χ4n) is 4.44. The third-order valence-electron chi connectivity index (χ3n) is 5.68. The van der Waals surface area contributed by atoms with Gasteiger partial charge in [0.2, 0.25) is 5.25 Å². The Morgan fingerprint density at radius 2 is 1.09 bits per heavy atom. The summed E-state index contributed by atoms with van der Waals surface area (Å²) in [6.07, 6.45) is 0. The number of aliphatic carboxylic acids is 2. The van der Waals surface area contributed by atoms with Crippen molar-refractivity contribution >= 4 is 43.6 Å². The molecule has 0 aliphatic heterocycles. The Kier molecular flexibility index (Phi) is 5.20. The van der Waals surface area contributed by atoms with Crippen LogP contribution in [0.25, 0.3) is 21.5 Å². The van der Waals surface area contributed by atoms with Crippen molar-refractivity contribution in [3.8, 4) is 0 Å². The number of hydrogen-bond acceptors (Lipinski definition) is 4. The molecule has 0 saturated heterocycles. The summed E-state index contributed by atoms with van der Waals surface area (Å²) in [4.78, 5) is 25.4. The van der Waals surface area contributed by atoms with E-state index in [9.17, 15) is 32.8 Å². The maximum Gasteiger partial charge on any atom is 0.326 e. The molecule has 1 unspecified atom stereocenters. The van der Waals surface area contributed by atoms with E-state index in [0.29, 0.717) is 21.5 Å². The Labute approximate surface area is 183 Å². The zero-order chi connectivity index (χ0) is 23.1. The highest BCUT2D eigenvalue weighted by molar-refractivity contribution is 7.87. The van der Waals surface area contributed by atoms with E-state index in [-0.39, 0.29) is 11.1 Å². The molecule has 8 heteroatoms. The number of carbonyl (C=O) groups is 2. The number of hydrogen-bond donors (Lipinski definition) is 3. The van der Waals surface area contributed by atoms with Crippen molar-refractivity contribution < 1.29 is 32.8 Å². The molecule has 3 N–H and O–H groups in total. The molecule has 4 aromatic carbocycles. The Morgan fingerprint density at radius 3 is 1.47 bits per heavy atom. The maximum atomic E-state index is 13.1. The van der Waals surface area contributed by atoms with Gasteiger partial charge in [-0.1, -0.05) is 84.9 Å². The highest BCUT2D eigenvalue weighted by atomic mass is 32.2. The quantitative estimate of drug-likeness (QED) is 0.382. The van der Waals surface area contributed by atoms with Crippen molar-refractivity contribution in [1.29, 1.82) is 0 Å². The van der Waals surface area contributed by atoms with Crippen LogP contribution in [0, 0.1) is 0 Å². The number of carboxylic acid groups (broad SMARTS) is 2. The lowest BCUT2D eigenvalue weighted by atomic mass is 9.68. The SMILES string of the molecule is O=C(O)C(C(C(=O)O)(c1cccc2ccccc12)c1cccc2ccccc12)S(=O)(=O)O. The summed E-state index contributed by atoms with van der Waals surface area (Å²) in [5, 5.41) is 19.8. The van der Waals surface area contributed by atoms with Crippen molar-refractivity contribution in [3.63, 3.8) is 0 Å². The molecule has 4 aromatic rings. The lowest BCUT2D eigenvalue weighted by molar-refractivity contribution is -0.148. The summed E-state index contributed by atoms with van der Waals surface area (Å²) in [5.41, 5.74) is -2.75. The van der Waals surface area contributed by atoms with E-state index in [1.165, 1.54) is 24.3 Å². The highest BCUT2D eigenvalue weighted by Crippen LogP contribution is 2.45. The smallest absolute Gasteiger partial charge is 0.326 e. The molecule has 7 nitrogen and oxygen atoms in total. The van der Waals surface area contributed by atoms with Crippen LogP contribution in [0.5, 0.6) is 0 Å². The van der Waals surface area contributed by atoms with Crippen LogP contribution < -0.4 is 0 Å². The van der Waals surface area contributed by atoms with E-state index in [4.69, 9.17) is 0 Å². The monoisotopic (exact) mass is 450 g/mol. The number of benzene rings is 4. The van der Waals surface area contributed by atoms with Crippen LogP contribution in [0.1, 0.15) is 11.1 Å². The van der Waals surface area contributed by atoms with Gasteiger partial charge in [0, 0.05) is 0 Å². The lowest BCUT2D eigenvalue weighted by Gasteiger charge is -2.35. The van der Waals surface area contributed by atoms with Crippen LogP contribution in [0.4, 0.5) is 0 Å². The summed E-state index contributed by atoms with van der Waals surface area (Å²) in [6.45, 7) is 0. The molecular weight excluding hydrogens is 432 g/mol. The van der Waals surface area contributed by atoms with Gasteiger partial charge in [-0.05, 0) is 32.7 Å². The van der Waals surface area contributed by atoms with Crippen molar-refractivity contribution in [2.24, 2.45) is 0 Å². The van der Waals surface area contributed by atoms with E-state index < -0.39 is 32.7 Å². The van der Waals surface area contributed by atoms with Gasteiger partial charge < -0.3 is 10.2 Å². The van der Waals surface area contributed by atoms with Crippen LogP contribution in [0.3, 0.4) is 0 Å². The molecule has 0 aromatic heterocycles. The largest absolute Gasteiger partial charge is 0.480 e. The number of fused-ring (bicyclic) bond motifs is 2. The molecule has 32 heavy (non-hydrogen) atoms. The third kappa shape index (κ3) is 3.21. The van der Waals surface area contributed by atoms with E-state index in [1.807, 2.05) is 0 Å². The molecule has 0 aliphatic carbocycles. The predicted octanol–water partition coefficient (Wildman–Crippen LogP) is 3.70. The van der Waals surface area contributed by atoms with Gasteiger partial charge >= 0.3 is 11.9 Å². The summed E-state index contributed by atoms with van der Waals surface area (Å²) in [5.74, 6) is -3.69. The Hall–Kier alpha value is -3.75. The number of carboxylic acids is 2. The van der Waals surface area contributed by atoms with Crippen molar-refractivity contribution in [3.05, 3.63) is 96.1 Å². The molecule has 0 saturated carbocycles. The Morgan fingerprint density at radius 1 is 0.688 bits per heavy atom. The van der Waals surface area contributed by atoms with Crippen molar-refractivity contribution in [2.75, 3.05) is 0 Å². The molecule has 0 aliphatic rings. The van der Waals surface area contributed by atoms with E-state index in [2.05, 4.69) is 0 Å². The second kappa shape index (κ2) is 7.74. The molecule has 4 rings (SSSR count). The van der Waals surface area contributed by atoms with Crippen LogP contribution >= 0.6 is 0 Å². The van der Waals surface area contributed by atoms with Gasteiger partial charge in [0.15, 0.2) is 0 Å². The third-order valence-corrected chi connectivity index (χ3v) is 6.83. The minimum atomic E-state index is -5.38. The van der Waals surface area contributed by atoms with Gasteiger partial charge in [0.05, 0.1) is 0 Å². The van der Waals surface area contributed by atoms with E-state index in [1.54, 1.807) is 60.7 Å². The standard InChI is InChI=1S/C24H18O7S/c25-22(26)21(32(29,30)31)24(23(27)28,19-13-5-9-15-7-1-3-11-17(15)19)20-14-6-10-16-8-2-4-12-18(16)20/h1-14,21H,(H,25,26)(H,27,28)(H,29,30,31). The van der Waals surface area contributed by atoms with Crippen molar-refractivity contribution in [2.45, 2.75) is 10.7 Å². The van der Waals surface area contributed by atoms with Gasteiger partial charge in [-0.2, -0.15) is 8.42 Å². The predicted molar refractivity (Wildman–Crippen MR) is 119 cm³/mol. The average Bonchev–Trinajstić information content (AvgIpc) is 2.75. The van der Waals surface area contributed by atoms with Crippen LogP contribution in [-0.4, -0.2) is 40.4 Å². The van der Waals surface area contributed by atoms with Crippen LogP contribution in [-0.2, 0) is 25.1 Å². The average molecular weight is 450 g/mol. The maximum absolute atomic E-state index is 13.1. The van der Waals surface area contributed by atoms with Gasteiger partial charge in [0.1, 0.15) is 5.41 Å². The zero-order valence-corrected chi connectivity index (χ0v) is 17.4. The van der Waals surface area contributed by atoms with E-state index in [0.717, 1.165) is 0 Å². The van der Waals surface area contributed by atoms with Crippen LogP contribution in [0.15, 0.2) is 84.9 Å². The van der Waals surface area contributed by atoms with Crippen LogP contribution in [0.2, 0.25) is 0 Å². The summed E-state index contributed by atoms with van der Waals surface area (Å²) >= 11 is 0. The Balaban J connectivity index is 2.30. The minimum Gasteiger partial charge on any atom is -0.480 e. The fraction of sp³-hybridized carbons (Fsp3) is 0.0833. The van der Waals surface area contributed by atoms with Gasteiger partial charge in [-0.25, -0.2) is 0 Å². The molecule has 0 spiro atoms. The molecule has 0 radical (unpaired) electrons. The molecule has 0 fully saturated rings. The second-order valence-corrected chi connectivity index (χ2v) is 8.90. The minimum absolute atomic E-state index is 0.0514.